The summed E-state index contributed by atoms with van der Waals surface area (Å²) in [5.74, 6) is -0.750. The van der Waals surface area contributed by atoms with Crippen LogP contribution < -0.4 is 5.32 Å². The van der Waals surface area contributed by atoms with Crippen molar-refractivity contribution in [2.75, 3.05) is 20.3 Å². The summed E-state index contributed by atoms with van der Waals surface area (Å²) in [6, 6.07) is 6.60. The Morgan fingerprint density at radius 3 is 2.95 bits per heavy atom. The van der Waals surface area contributed by atoms with Crippen LogP contribution in [0.3, 0.4) is 0 Å². The molecule has 1 aromatic carbocycles. The van der Waals surface area contributed by atoms with Crippen LogP contribution in [-0.2, 0) is 28.8 Å². The van der Waals surface area contributed by atoms with Gasteiger partial charge in [0.25, 0.3) is 0 Å². The van der Waals surface area contributed by atoms with Crippen molar-refractivity contribution in [1.82, 2.24) is 5.32 Å². The lowest BCUT2D eigenvalue weighted by Gasteiger charge is -2.17. The van der Waals surface area contributed by atoms with E-state index in [1.807, 2.05) is 0 Å². The zero-order valence-electron chi connectivity index (χ0n) is 12.7. The van der Waals surface area contributed by atoms with Crippen LogP contribution in [0, 0.1) is 0 Å². The first-order valence-corrected chi connectivity index (χ1v) is 7.74. The van der Waals surface area contributed by atoms with Crippen molar-refractivity contribution in [1.29, 1.82) is 0 Å². The number of carbonyl (C=O) groups is 1. The molecule has 2 N–H and O–H groups in total. The summed E-state index contributed by atoms with van der Waals surface area (Å²) in [5.41, 5.74) is 4.14. The zero-order chi connectivity index (χ0) is 15.1. The molecular formula is C17H25NO3. The molecule has 0 saturated carbocycles. The third kappa shape index (κ3) is 5.14. The van der Waals surface area contributed by atoms with Crippen LogP contribution >= 0.6 is 0 Å². The Morgan fingerprint density at radius 1 is 1.38 bits per heavy atom. The summed E-state index contributed by atoms with van der Waals surface area (Å²) in [6.07, 6.45) is 5.41. The maximum atomic E-state index is 11.0. The second-order valence-corrected chi connectivity index (χ2v) is 5.76. The molecule has 116 valence electrons. The molecule has 4 heteroatoms. The molecule has 1 aromatic rings. The second kappa shape index (κ2) is 8.15. The lowest BCUT2D eigenvalue weighted by atomic mass is 9.99. The monoisotopic (exact) mass is 291 g/mol. The van der Waals surface area contributed by atoms with Gasteiger partial charge in [0, 0.05) is 19.8 Å². The van der Waals surface area contributed by atoms with E-state index in [-0.39, 0.29) is 12.5 Å². The number of nitrogens with one attached hydrogen (secondary N) is 1. The molecular weight excluding hydrogens is 266 g/mol. The van der Waals surface area contributed by atoms with Crippen molar-refractivity contribution in [2.45, 2.75) is 44.6 Å². The molecule has 0 radical (unpaired) electrons. The van der Waals surface area contributed by atoms with Crippen molar-refractivity contribution in [2.24, 2.45) is 0 Å². The van der Waals surface area contributed by atoms with Crippen molar-refractivity contribution >= 4 is 5.97 Å². The van der Waals surface area contributed by atoms with E-state index in [9.17, 15) is 4.79 Å². The fourth-order valence-corrected chi connectivity index (χ4v) is 2.99. The Labute approximate surface area is 126 Å². The molecule has 0 bridgehead atoms. The number of hydrogen-bond acceptors (Lipinski definition) is 3. The zero-order valence-corrected chi connectivity index (χ0v) is 12.7. The van der Waals surface area contributed by atoms with E-state index in [1.165, 1.54) is 29.5 Å². The van der Waals surface area contributed by atoms with Gasteiger partial charge in [0.05, 0.1) is 6.42 Å². The Hall–Kier alpha value is -1.39. The normalized spacial score (nSPS) is 14.9. The number of rotatable bonds is 9. The highest BCUT2D eigenvalue weighted by atomic mass is 16.5. The molecule has 1 atom stereocenters. The number of carboxylic acids is 1. The van der Waals surface area contributed by atoms with E-state index < -0.39 is 5.97 Å². The van der Waals surface area contributed by atoms with E-state index in [0.717, 1.165) is 25.8 Å². The van der Waals surface area contributed by atoms with Gasteiger partial charge in [-0.05, 0) is 55.3 Å². The third-order valence-electron chi connectivity index (χ3n) is 4.02. The van der Waals surface area contributed by atoms with E-state index in [4.69, 9.17) is 9.84 Å². The van der Waals surface area contributed by atoms with Crippen molar-refractivity contribution in [3.8, 4) is 0 Å². The topological polar surface area (TPSA) is 58.6 Å². The highest BCUT2D eigenvalue weighted by Crippen LogP contribution is 2.23. The molecule has 0 aliphatic heterocycles. The maximum Gasteiger partial charge on any atom is 0.304 e. The summed E-state index contributed by atoms with van der Waals surface area (Å²) in [5, 5.41) is 12.4. The van der Waals surface area contributed by atoms with Crippen LogP contribution in [-0.4, -0.2) is 37.4 Å². The molecule has 0 amide bonds. The second-order valence-electron chi connectivity index (χ2n) is 5.76. The van der Waals surface area contributed by atoms with Crippen LogP contribution in [0.2, 0.25) is 0 Å². The lowest BCUT2D eigenvalue weighted by molar-refractivity contribution is -0.137. The van der Waals surface area contributed by atoms with Crippen molar-refractivity contribution in [3.05, 3.63) is 34.9 Å². The molecule has 2 rings (SSSR count). The first-order chi connectivity index (χ1) is 10.2. The quantitative estimate of drug-likeness (QED) is 0.685. The summed E-state index contributed by atoms with van der Waals surface area (Å²) in [4.78, 5) is 11.0. The maximum absolute atomic E-state index is 11.0. The molecule has 4 nitrogen and oxygen atoms in total. The number of ether oxygens (including phenoxy) is 1. The van der Waals surface area contributed by atoms with E-state index in [2.05, 4.69) is 23.5 Å². The molecule has 0 spiro atoms. The first-order valence-electron chi connectivity index (χ1n) is 7.74. The van der Waals surface area contributed by atoms with Gasteiger partial charge in [-0.25, -0.2) is 0 Å². The first kappa shape index (κ1) is 16.0. The predicted molar refractivity (Wildman–Crippen MR) is 82.7 cm³/mol. The molecule has 1 aliphatic carbocycles. The van der Waals surface area contributed by atoms with Gasteiger partial charge in [0.1, 0.15) is 0 Å². The van der Waals surface area contributed by atoms with Gasteiger partial charge < -0.3 is 15.2 Å². The number of hydrogen-bond donors (Lipinski definition) is 2. The van der Waals surface area contributed by atoms with Crippen LogP contribution in [0.4, 0.5) is 0 Å². The Kier molecular flexibility index (Phi) is 6.21. The van der Waals surface area contributed by atoms with Gasteiger partial charge in [0.15, 0.2) is 0 Å². The van der Waals surface area contributed by atoms with Gasteiger partial charge >= 0.3 is 5.97 Å². The number of aliphatic carboxylic acids is 1. The van der Waals surface area contributed by atoms with E-state index in [0.29, 0.717) is 6.61 Å². The minimum absolute atomic E-state index is 0.0150. The van der Waals surface area contributed by atoms with Gasteiger partial charge in [-0.2, -0.15) is 0 Å². The molecule has 0 aromatic heterocycles. The number of fused-ring (bicyclic) bond motifs is 1. The largest absolute Gasteiger partial charge is 0.481 e. The van der Waals surface area contributed by atoms with Gasteiger partial charge in [-0.15, -0.1) is 0 Å². The Bertz CT molecular complexity index is 473. The van der Waals surface area contributed by atoms with Crippen molar-refractivity contribution in [3.63, 3.8) is 0 Å². The summed E-state index contributed by atoms with van der Waals surface area (Å²) in [6.45, 7) is 1.49. The summed E-state index contributed by atoms with van der Waals surface area (Å²) in [7, 11) is 1.68. The lowest BCUT2D eigenvalue weighted by Crippen LogP contribution is -2.34. The molecule has 0 heterocycles. The summed E-state index contributed by atoms with van der Waals surface area (Å²) >= 11 is 0. The predicted octanol–water partition coefficient (Wildman–Crippen LogP) is 2.19. The average molecular weight is 291 g/mol. The fourth-order valence-electron chi connectivity index (χ4n) is 2.99. The van der Waals surface area contributed by atoms with Gasteiger partial charge in [-0.1, -0.05) is 18.2 Å². The Balaban J connectivity index is 1.92. The van der Waals surface area contributed by atoms with Gasteiger partial charge in [0.2, 0.25) is 0 Å². The molecule has 0 fully saturated rings. The van der Waals surface area contributed by atoms with E-state index >= 15 is 0 Å². The number of carboxylic acid groups (broad SMARTS) is 1. The highest BCUT2D eigenvalue weighted by Gasteiger charge is 2.16. The Morgan fingerprint density at radius 2 is 2.19 bits per heavy atom. The fraction of sp³-hybridized carbons (Fsp3) is 0.588. The molecule has 0 saturated heterocycles. The average Bonchev–Trinajstić information content (AvgIpc) is 2.90. The van der Waals surface area contributed by atoms with Gasteiger partial charge in [-0.3, -0.25) is 4.79 Å². The smallest absolute Gasteiger partial charge is 0.304 e. The molecule has 21 heavy (non-hydrogen) atoms. The van der Waals surface area contributed by atoms with Crippen LogP contribution in [0.25, 0.3) is 0 Å². The van der Waals surface area contributed by atoms with Crippen molar-refractivity contribution < 1.29 is 14.6 Å². The number of aryl methyl sites for hydroxylation is 2. The SMILES string of the molecule is COCCCNC(CC(=O)O)Cc1ccc2c(c1)CCC2. The third-order valence-corrected chi connectivity index (χ3v) is 4.02. The number of benzene rings is 1. The highest BCUT2D eigenvalue weighted by molar-refractivity contribution is 5.67. The van der Waals surface area contributed by atoms with Crippen LogP contribution in [0.15, 0.2) is 18.2 Å². The minimum atomic E-state index is -0.750. The van der Waals surface area contributed by atoms with Crippen LogP contribution in [0.5, 0.6) is 0 Å². The van der Waals surface area contributed by atoms with Crippen LogP contribution in [0.1, 0.15) is 36.0 Å². The standard InChI is InChI=1S/C17H25NO3/c1-21-9-3-8-18-16(12-17(19)20)11-13-6-7-14-4-2-5-15(14)10-13/h6-7,10,16,18H,2-5,8-9,11-12H2,1H3,(H,19,20). The van der Waals surface area contributed by atoms with E-state index in [1.54, 1.807) is 7.11 Å². The minimum Gasteiger partial charge on any atom is -0.481 e. The molecule has 1 aliphatic rings. The molecule has 1 unspecified atom stereocenters. The summed E-state index contributed by atoms with van der Waals surface area (Å²) < 4.78 is 5.02. The number of methoxy groups -OCH3 is 1.